The van der Waals surface area contributed by atoms with Crippen molar-refractivity contribution in [1.29, 1.82) is 0 Å². The maximum absolute atomic E-state index is 11.0. The second-order valence-corrected chi connectivity index (χ2v) is 4.08. The van der Waals surface area contributed by atoms with Gasteiger partial charge in [0, 0.05) is 20.3 Å². The maximum Gasteiger partial charge on any atom is 0.233 e. The van der Waals surface area contributed by atoms with Crippen molar-refractivity contribution in [2.24, 2.45) is 11.1 Å². The third kappa shape index (κ3) is 4.36. The third-order valence-corrected chi connectivity index (χ3v) is 3.10. The average molecular weight is 237 g/mol. The van der Waals surface area contributed by atoms with Gasteiger partial charge < -0.3 is 15.8 Å². The zero-order valence-corrected chi connectivity index (χ0v) is 10.1. The Morgan fingerprint density at radius 2 is 2.20 bits per heavy atom. The number of rotatable bonds is 6. The number of hydrogen-bond acceptors (Lipinski definition) is 3. The molecule has 15 heavy (non-hydrogen) atoms. The van der Waals surface area contributed by atoms with Gasteiger partial charge >= 0.3 is 0 Å². The van der Waals surface area contributed by atoms with Gasteiger partial charge in [-0.2, -0.15) is 0 Å². The van der Waals surface area contributed by atoms with Crippen molar-refractivity contribution >= 4 is 18.3 Å². The average Bonchev–Trinajstić information content (AvgIpc) is 2.15. The zero-order valence-electron chi connectivity index (χ0n) is 9.25. The first kappa shape index (κ1) is 14.7. The molecule has 0 saturated heterocycles. The van der Waals surface area contributed by atoms with E-state index in [0.717, 1.165) is 19.6 Å². The summed E-state index contributed by atoms with van der Waals surface area (Å²) in [5, 5.41) is 2.86. The van der Waals surface area contributed by atoms with E-state index in [0.29, 0.717) is 5.41 Å². The van der Waals surface area contributed by atoms with Crippen LogP contribution in [-0.4, -0.2) is 32.7 Å². The lowest BCUT2D eigenvalue weighted by Gasteiger charge is -2.42. The number of ether oxygens (including phenoxy) is 1. The molecule has 1 aliphatic carbocycles. The van der Waals surface area contributed by atoms with Crippen molar-refractivity contribution < 1.29 is 9.53 Å². The van der Waals surface area contributed by atoms with E-state index in [2.05, 4.69) is 5.32 Å². The Morgan fingerprint density at radius 3 is 2.60 bits per heavy atom. The quantitative estimate of drug-likeness (QED) is 0.713. The van der Waals surface area contributed by atoms with Crippen molar-refractivity contribution in [1.82, 2.24) is 5.32 Å². The number of nitrogens with two attached hydrogens (primary N) is 1. The topological polar surface area (TPSA) is 64.3 Å². The van der Waals surface area contributed by atoms with E-state index >= 15 is 0 Å². The largest absolute Gasteiger partial charge is 0.385 e. The van der Waals surface area contributed by atoms with Crippen LogP contribution < -0.4 is 11.1 Å². The Labute approximate surface area is 97.3 Å². The molecule has 4 nitrogen and oxygen atoms in total. The number of amides is 1. The third-order valence-electron chi connectivity index (χ3n) is 3.10. The van der Waals surface area contributed by atoms with Crippen LogP contribution in [0.15, 0.2) is 0 Å². The molecule has 0 aromatic carbocycles. The molecule has 0 aliphatic heterocycles. The second kappa shape index (κ2) is 7.04. The molecular weight excluding hydrogens is 216 g/mol. The van der Waals surface area contributed by atoms with E-state index < -0.39 is 0 Å². The van der Waals surface area contributed by atoms with Gasteiger partial charge in [0.1, 0.15) is 0 Å². The van der Waals surface area contributed by atoms with Crippen molar-refractivity contribution in [3.63, 3.8) is 0 Å². The monoisotopic (exact) mass is 236 g/mol. The molecule has 1 fully saturated rings. The first-order valence-corrected chi connectivity index (χ1v) is 5.18. The molecule has 1 aliphatic rings. The minimum Gasteiger partial charge on any atom is -0.385 e. The Hall–Kier alpha value is -0.320. The van der Waals surface area contributed by atoms with Crippen LogP contribution in [0.4, 0.5) is 0 Å². The van der Waals surface area contributed by atoms with Gasteiger partial charge in [-0.3, -0.25) is 4.79 Å². The van der Waals surface area contributed by atoms with E-state index in [1.54, 1.807) is 7.11 Å². The summed E-state index contributed by atoms with van der Waals surface area (Å²) in [6, 6.07) is 0. The molecule has 0 heterocycles. The van der Waals surface area contributed by atoms with Crippen LogP contribution in [0.5, 0.6) is 0 Å². The number of carbonyl (C=O) groups is 1. The first-order chi connectivity index (χ1) is 6.72. The minimum atomic E-state index is -0.0614. The Balaban J connectivity index is 0.00000196. The summed E-state index contributed by atoms with van der Waals surface area (Å²) in [5.74, 6) is -0.0614. The molecule has 0 atom stereocenters. The molecule has 1 rings (SSSR count). The molecule has 1 saturated carbocycles. The van der Waals surface area contributed by atoms with Crippen LogP contribution in [0.2, 0.25) is 0 Å². The Kier molecular flexibility index (Phi) is 6.89. The molecule has 3 N–H and O–H groups in total. The van der Waals surface area contributed by atoms with E-state index in [-0.39, 0.29) is 24.9 Å². The molecule has 0 spiro atoms. The molecule has 0 unspecified atom stereocenters. The highest BCUT2D eigenvalue weighted by molar-refractivity contribution is 5.85. The van der Waals surface area contributed by atoms with Crippen LogP contribution in [0.25, 0.3) is 0 Å². The second-order valence-electron chi connectivity index (χ2n) is 4.08. The normalized spacial score (nSPS) is 17.5. The highest BCUT2D eigenvalue weighted by atomic mass is 35.5. The van der Waals surface area contributed by atoms with E-state index in [1.165, 1.54) is 19.3 Å². The number of carbonyl (C=O) groups excluding carboxylic acids is 1. The van der Waals surface area contributed by atoms with Crippen LogP contribution in [0.3, 0.4) is 0 Å². The predicted molar refractivity (Wildman–Crippen MR) is 62.1 cm³/mol. The zero-order chi connectivity index (χ0) is 10.4. The van der Waals surface area contributed by atoms with Crippen molar-refractivity contribution in [3.05, 3.63) is 0 Å². The van der Waals surface area contributed by atoms with E-state index in [4.69, 9.17) is 10.5 Å². The van der Waals surface area contributed by atoms with Gasteiger partial charge in [-0.25, -0.2) is 0 Å². The van der Waals surface area contributed by atoms with Gasteiger partial charge in [-0.05, 0) is 24.7 Å². The van der Waals surface area contributed by atoms with Crippen molar-refractivity contribution in [2.75, 3.05) is 26.8 Å². The minimum absolute atomic E-state index is 0. The number of methoxy groups -OCH3 is 1. The molecular formula is C10H21ClN2O2. The molecule has 0 aromatic rings. The fraction of sp³-hybridized carbons (Fsp3) is 0.900. The fourth-order valence-electron chi connectivity index (χ4n) is 1.87. The standard InChI is InChI=1S/C10H20N2O2.ClH/c1-14-6-5-10(3-2-4-10)8-12-9(13)7-11;/h2-8,11H2,1H3,(H,12,13);1H. The molecule has 0 aromatic heterocycles. The Bertz CT molecular complexity index is 196. The molecule has 0 bridgehead atoms. The fourth-order valence-corrected chi connectivity index (χ4v) is 1.87. The highest BCUT2D eigenvalue weighted by Crippen LogP contribution is 2.43. The van der Waals surface area contributed by atoms with Gasteiger partial charge in [-0.15, -0.1) is 12.4 Å². The summed E-state index contributed by atoms with van der Waals surface area (Å²) < 4.78 is 5.07. The van der Waals surface area contributed by atoms with Gasteiger partial charge in [0.2, 0.25) is 5.91 Å². The van der Waals surface area contributed by atoms with Gasteiger partial charge in [0.15, 0.2) is 0 Å². The van der Waals surface area contributed by atoms with Crippen LogP contribution in [-0.2, 0) is 9.53 Å². The molecule has 0 radical (unpaired) electrons. The van der Waals surface area contributed by atoms with Crippen LogP contribution >= 0.6 is 12.4 Å². The maximum atomic E-state index is 11.0. The molecule has 5 heteroatoms. The smallest absolute Gasteiger partial charge is 0.233 e. The first-order valence-electron chi connectivity index (χ1n) is 5.18. The lowest BCUT2D eigenvalue weighted by Crippen LogP contribution is -2.44. The van der Waals surface area contributed by atoms with Crippen LogP contribution in [0.1, 0.15) is 25.7 Å². The van der Waals surface area contributed by atoms with E-state index in [1.807, 2.05) is 0 Å². The van der Waals surface area contributed by atoms with E-state index in [9.17, 15) is 4.79 Å². The Morgan fingerprint density at radius 1 is 1.53 bits per heavy atom. The summed E-state index contributed by atoms with van der Waals surface area (Å²) >= 11 is 0. The predicted octanol–water partition coefficient (Wildman–Crippen LogP) is 0.690. The van der Waals surface area contributed by atoms with Crippen molar-refractivity contribution in [2.45, 2.75) is 25.7 Å². The summed E-state index contributed by atoms with van der Waals surface area (Å²) in [4.78, 5) is 11.0. The SMILES string of the molecule is COCCC1(CNC(=O)CN)CCC1.Cl. The number of nitrogens with one attached hydrogen (secondary N) is 1. The van der Waals surface area contributed by atoms with Crippen LogP contribution in [0, 0.1) is 5.41 Å². The summed E-state index contributed by atoms with van der Waals surface area (Å²) in [6.45, 7) is 1.62. The van der Waals surface area contributed by atoms with Crippen molar-refractivity contribution in [3.8, 4) is 0 Å². The van der Waals surface area contributed by atoms with Gasteiger partial charge in [0.25, 0.3) is 0 Å². The molecule has 1 amide bonds. The molecule has 90 valence electrons. The lowest BCUT2D eigenvalue weighted by atomic mass is 9.67. The summed E-state index contributed by atoms with van der Waals surface area (Å²) in [6.07, 6.45) is 4.69. The van der Waals surface area contributed by atoms with Gasteiger partial charge in [0.05, 0.1) is 6.54 Å². The highest BCUT2D eigenvalue weighted by Gasteiger charge is 2.36. The number of hydrogen-bond donors (Lipinski definition) is 2. The number of halogens is 1. The lowest BCUT2D eigenvalue weighted by molar-refractivity contribution is -0.120. The summed E-state index contributed by atoms with van der Waals surface area (Å²) in [7, 11) is 1.71. The summed E-state index contributed by atoms with van der Waals surface area (Å²) in [5.41, 5.74) is 5.52. The van der Waals surface area contributed by atoms with Gasteiger partial charge in [-0.1, -0.05) is 6.42 Å².